The molecular weight excluding hydrogens is 280 g/mol. The van der Waals surface area contributed by atoms with Crippen LogP contribution in [0.15, 0.2) is 0 Å². The number of H-pyrrole nitrogens is 1. The third kappa shape index (κ3) is 4.08. The zero-order valence-electron chi connectivity index (χ0n) is 14.1. The maximum Gasteiger partial charge on any atom is 0.227 e. The van der Waals surface area contributed by atoms with Crippen molar-refractivity contribution in [1.82, 2.24) is 20.0 Å². The number of nitrogens with zero attached hydrogens (tertiary/aromatic N) is 3. The number of likely N-dealkylation sites (tertiary alicyclic amines) is 1. The van der Waals surface area contributed by atoms with Crippen LogP contribution in [0.25, 0.3) is 0 Å². The van der Waals surface area contributed by atoms with Gasteiger partial charge in [0, 0.05) is 30.9 Å². The summed E-state index contributed by atoms with van der Waals surface area (Å²) in [5, 5.41) is 17.7. The first-order valence-corrected chi connectivity index (χ1v) is 7.96. The molecule has 0 spiro atoms. The van der Waals surface area contributed by atoms with Gasteiger partial charge in [0.1, 0.15) is 0 Å². The van der Waals surface area contributed by atoms with Gasteiger partial charge in [0.2, 0.25) is 5.91 Å². The van der Waals surface area contributed by atoms with Crippen LogP contribution in [0.5, 0.6) is 0 Å². The molecule has 0 radical (unpaired) electrons. The molecule has 2 N–H and O–H groups in total. The first-order valence-electron chi connectivity index (χ1n) is 7.96. The van der Waals surface area contributed by atoms with Crippen molar-refractivity contribution in [3.63, 3.8) is 0 Å². The zero-order valence-corrected chi connectivity index (χ0v) is 14.1. The molecule has 0 saturated carbocycles. The molecule has 1 aliphatic heterocycles. The summed E-state index contributed by atoms with van der Waals surface area (Å²) < 4.78 is 0. The topological polar surface area (TPSA) is 72.5 Å². The Morgan fingerprint density at radius 2 is 2.09 bits per heavy atom. The quantitative estimate of drug-likeness (QED) is 0.866. The van der Waals surface area contributed by atoms with E-state index >= 15 is 0 Å². The Kier molecular flexibility index (Phi) is 5.24. The fraction of sp³-hybridized carbons (Fsp3) is 0.750. The van der Waals surface area contributed by atoms with Gasteiger partial charge in [-0.25, -0.2) is 0 Å². The molecule has 2 rings (SSSR count). The number of carbonyl (C=O) groups is 1. The number of aromatic nitrogens is 2. The number of nitrogens with one attached hydrogen (secondary N) is 1. The molecule has 1 atom stereocenters. The SMILES string of the molecule is Cc1n[nH]c(C)c1CC(=O)N1CCC[C@](O)(CN(C)C)CC1. The van der Waals surface area contributed by atoms with Crippen LogP contribution in [0.3, 0.4) is 0 Å². The average molecular weight is 308 g/mol. The Bertz CT molecular complexity index is 507. The van der Waals surface area contributed by atoms with Gasteiger partial charge in [0.05, 0.1) is 17.7 Å². The summed E-state index contributed by atoms with van der Waals surface area (Å²) in [5.74, 6) is 0.127. The number of hydrogen-bond acceptors (Lipinski definition) is 4. The normalized spacial score (nSPS) is 22.9. The Balaban J connectivity index is 1.97. The lowest BCUT2D eigenvalue weighted by Crippen LogP contribution is -2.41. The van der Waals surface area contributed by atoms with E-state index in [0.29, 0.717) is 25.9 Å². The van der Waals surface area contributed by atoms with Crippen molar-refractivity contribution < 1.29 is 9.90 Å². The highest BCUT2D eigenvalue weighted by Gasteiger charge is 2.32. The molecule has 6 heteroatoms. The molecule has 124 valence electrons. The van der Waals surface area contributed by atoms with Gasteiger partial charge in [-0.2, -0.15) is 5.10 Å². The summed E-state index contributed by atoms with van der Waals surface area (Å²) in [6.45, 7) is 5.86. The van der Waals surface area contributed by atoms with Crippen LogP contribution in [-0.4, -0.2) is 70.3 Å². The van der Waals surface area contributed by atoms with Crippen molar-refractivity contribution in [2.45, 2.75) is 45.1 Å². The van der Waals surface area contributed by atoms with Crippen molar-refractivity contribution in [3.05, 3.63) is 17.0 Å². The minimum Gasteiger partial charge on any atom is -0.388 e. The van der Waals surface area contributed by atoms with Gasteiger partial charge < -0.3 is 14.9 Å². The largest absolute Gasteiger partial charge is 0.388 e. The molecule has 1 saturated heterocycles. The standard InChI is InChI=1S/C16H28N4O2/c1-12-14(13(2)18-17-12)10-15(21)20-8-5-6-16(22,7-9-20)11-19(3)4/h22H,5-11H2,1-4H3,(H,17,18)/t16-/m1/s1. The van der Waals surface area contributed by atoms with E-state index in [1.807, 2.05) is 37.7 Å². The van der Waals surface area contributed by atoms with E-state index in [2.05, 4.69) is 10.2 Å². The number of rotatable bonds is 4. The number of likely N-dealkylation sites (N-methyl/N-ethyl adjacent to an activating group) is 1. The van der Waals surface area contributed by atoms with Gasteiger partial charge >= 0.3 is 0 Å². The van der Waals surface area contributed by atoms with Gasteiger partial charge in [-0.15, -0.1) is 0 Å². The van der Waals surface area contributed by atoms with Gasteiger partial charge in [-0.3, -0.25) is 9.89 Å². The molecule has 1 aliphatic rings. The maximum absolute atomic E-state index is 12.5. The number of aliphatic hydroxyl groups is 1. The molecule has 2 heterocycles. The van der Waals surface area contributed by atoms with Crippen molar-refractivity contribution in [3.8, 4) is 0 Å². The molecule has 6 nitrogen and oxygen atoms in total. The lowest BCUT2D eigenvalue weighted by Gasteiger charge is -2.30. The van der Waals surface area contributed by atoms with Gasteiger partial charge in [0.25, 0.3) is 0 Å². The number of aryl methyl sites for hydroxylation is 2. The number of amides is 1. The lowest BCUT2D eigenvalue weighted by molar-refractivity contribution is -0.130. The van der Waals surface area contributed by atoms with Crippen LogP contribution in [0.2, 0.25) is 0 Å². The summed E-state index contributed by atoms with van der Waals surface area (Å²) in [5.41, 5.74) is 2.17. The smallest absolute Gasteiger partial charge is 0.227 e. The summed E-state index contributed by atoms with van der Waals surface area (Å²) in [6.07, 6.45) is 2.62. The van der Waals surface area contributed by atoms with Crippen molar-refractivity contribution >= 4 is 5.91 Å². The predicted octanol–water partition coefficient (Wildman–Crippen LogP) is 0.874. The molecule has 1 amide bonds. The minimum atomic E-state index is -0.681. The molecule has 22 heavy (non-hydrogen) atoms. The zero-order chi connectivity index (χ0) is 16.3. The minimum absolute atomic E-state index is 0.127. The predicted molar refractivity (Wildman–Crippen MR) is 85.7 cm³/mol. The molecule has 0 unspecified atom stereocenters. The van der Waals surface area contributed by atoms with Gasteiger partial charge in [0.15, 0.2) is 0 Å². The first-order chi connectivity index (χ1) is 10.3. The molecule has 1 fully saturated rings. The van der Waals surface area contributed by atoms with E-state index in [0.717, 1.165) is 36.3 Å². The molecule has 0 aromatic carbocycles. The van der Waals surface area contributed by atoms with Crippen molar-refractivity contribution in [2.24, 2.45) is 0 Å². The van der Waals surface area contributed by atoms with E-state index in [9.17, 15) is 9.90 Å². The molecule has 0 bridgehead atoms. The maximum atomic E-state index is 12.5. The van der Waals surface area contributed by atoms with E-state index in [1.165, 1.54) is 0 Å². The van der Waals surface area contributed by atoms with Gasteiger partial charge in [-0.05, 0) is 47.2 Å². The highest BCUT2D eigenvalue weighted by molar-refractivity contribution is 5.79. The van der Waals surface area contributed by atoms with Crippen LogP contribution in [0.1, 0.15) is 36.2 Å². The Hall–Kier alpha value is -1.40. The monoisotopic (exact) mass is 308 g/mol. The van der Waals surface area contributed by atoms with Crippen LogP contribution < -0.4 is 0 Å². The van der Waals surface area contributed by atoms with Crippen molar-refractivity contribution in [1.29, 1.82) is 0 Å². The Morgan fingerprint density at radius 1 is 1.36 bits per heavy atom. The number of hydrogen-bond donors (Lipinski definition) is 2. The highest BCUT2D eigenvalue weighted by Crippen LogP contribution is 2.23. The lowest BCUT2D eigenvalue weighted by atomic mass is 9.94. The molecule has 0 aliphatic carbocycles. The second-order valence-electron chi connectivity index (χ2n) is 6.79. The van der Waals surface area contributed by atoms with Crippen LogP contribution in [0.4, 0.5) is 0 Å². The van der Waals surface area contributed by atoms with Crippen LogP contribution in [-0.2, 0) is 11.2 Å². The molecule has 1 aromatic heterocycles. The van der Waals surface area contributed by atoms with E-state index in [-0.39, 0.29) is 5.91 Å². The number of carbonyl (C=O) groups excluding carboxylic acids is 1. The Labute approximate surface area is 132 Å². The van der Waals surface area contributed by atoms with Gasteiger partial charge in [-0.1, -0.05) is 0 Å². The van der Waals surface area contributed by atoms with E-state index in [4.69, 9.17) is 0 Å². The highest BCUT2D eigenvalue weighted by atomic mass is 16.3. The van der Waals surface area contributed by atoms with Crippen molar-refractivity contribution in [2.75, 3.05) is 33.7 Å². The Morgan fingerprint density at radius 3 is 2.68 bits per heavy atom. The van der Waals surface area contributed by atoms with E-state index in [1.54, 1.807) is 0 Å². The molecule has 1 aromatic rings. The summed E-state index contributed by atoms with van der Waals surface area (Å²) in [7, 11) is 3.94. The number of aromatic amines is 1. The fourth-order valence-electron chi connectivity index (χ4n) is 3.27. The first kappa shape index (κ1) is 17.0. The summed E-state index contributed by atoms with van der Waals surface area (Å²) >= 11 is 0. The third-order valence-corrected chi connectivity index (χ3v) is 4.49. The third-order valence-electron chi connectivity index (χ3n) is 4.49. The second-order valence-corrected chi connectivity index (χ2v) is 6.79. The average Bonchev–Trinajstić information content (AvgIpc) is 2.63. The van der Waals surface area contributed by atoms with Crippen LogP contribution in [0, 0.1) is 13.8 Å². The van der Waals surface area contributed by atoms with E-state index < -0.39 is 5.60 Å². The summed E-state index contributed by atoms with van der Waals surface area (Å²) in [6, 6.07) is 0. The van der Waals surface area contributed by atoms with Crippen LogP contribution >= 0.6 is 0 Å². The molecular formula is C16H28N4O2. The summed E-state index contributed by atoms with van der Waals surface area (Å²) in [4.78, 5) is 16.4. The second kappa shape index (κ2) is 6.79. The fourth-order valence-corrected chi connectivity index (χ4v) is 3.27.